The molecule has 0 fully saturated rings. The van der Waals surface area contributed by atoms with Gasteiger partial charge in [-0.25, -0.2) is 9.97 Å². The van der Waals surface area contributed by atoms with Crippen LogP contribution in [0, 0.1) is 0 Å². The molecular weight excluding hydrogens is 242 g/mol. The summed E-state index contributed by atoms with van der Waals surface area (Å²) in [4.78, 5) is 8.74. The van der Waals surface area contributed by atoms with Crippen LogP contribution in [-0.2, 0) is 6.42 Å². The highest BCUT2D eigenvalue weighted by Gasteiger charge is 2.11. The maximum Gasteiger partial charge on any atom is 0.215 e. The van der Waals surface area contributed by atoms with Crippen molar-refractivity contribution in [3.63, 3.8) is 0 Å². The normalized spacial score (nSPS) is 10.6. The number of hydrogen-bond donors (Lipinski definition) is 1. The lowest BCUT2D eigenvalue weighted by Gasteiger charge is -2.00. The Bertz CT molecular complexity index is 501. The highest BCUT2D eigenvalue weighted by Crippen LogP contribution is 2.14. The lowest BCUT2D eigenvalue weighted by molar-refractivity contribution is 0.851. The van der Waals surface area contributed by atoms with Gasteiger partial charge in [0.1, 0.15) is 10.8 Å². The van der Waals surface area contributed by atoms with Crippen LogP contribution < -0.4 is 5.73 Å². The fraction of sp³-hybridized carbons (Fsp3) is 0.333. The minimum Gasteiger partial charge on any atom is -0.387 e. The first kappa shape index (κ1) is 11.2. The minimum absolute atomic E-state index is 0.261. The Morgan fingerprint density at radius 2 is 2.44 bits per heavy atom. The summed E-state index contributed by atoms with van der Waals surface area (Å²) < 4.78 is 6.02. The fourth-order valence-electron chi connectivity index (χ4n) is 1.31. The van der Waals surface area contributed by atoms with Crippen LogP contribution in [-0.4, -0.2) is 23.9 Å². The van der Waals surface area contributed by atoms with E-state index in [1.807, 2.05) is 0 Å². The van der Waals surface area contributed by atoms with Gasteiger partial charge in [0, 0.05) is 30.3 Å². The molecule has 0 unspecified atom stereocenters. The molecule has 0 saturated carbocycles. The Labute approximate surface area is 103 Å². The Morgan fingerprint density at radius 3 is 3.12 bits per heavy atom. The average molecular weight is 253 g/mol. The second-order valence-electron chi connectivity index (χ2n) is 3.23. The Kier molecular flexibility index (Phi) is 3.25. The molecular formula is C9H11N5S2. The molecule has 0 saturated heterocycles. The van der Waals surface area contributed by atoms with Gasteiger partial charge in [-0.05, 0) is 6.42 Å². The monoisotopic (exact) mass is 253 g/mol. The molecule has 0 bridgehead atoms. The maximum absolute atomic E-state index is 5.57. The molecule has 2 aromatic rings. The molecule has 0 aliphatic rings. The van der Waals surface area contributed by atoms with E-state index in [1.165, 1.54) is 11.5 Å². The van der Waals surface area contributed by atoms with Crippen LogP contribution in [0.1, 0.15) is 25.0 Å². The van der Waals surface area contributed by atoms with E-state index >= 15 is 0 Å². The van der Waals surface area contributed by atoms with Gasteiger partial charge in [0.05, 0.1) is 0 Å². The van der Waals surface area contributed by atoms with E-state index in [1.54, 1.807) is 17.0 Å². The fourth-order valence-corrected chi connectivity index (χ4v) is 2.16. The van der Waals surface area contributed by atoms with Crippen molar-refractivity contribution in [2.24, 2.45) is 5.73 Å². The molecule has 0 aliphatic carbocycles. The second-order valence-corrected chi connectivity index (χ2v) is 4.40. The number of imidazole rings is 1. The van der Waals surface area contributed by atoms with Gasteiger partial charge in [-0.2, -0.15) is 4.37 Å². The van der Waals surface area contributed by atoms with Crippen LogP contribution in [0.5, 0.6) is 0 Å². The van der Waals surface area contributed by atoms with Gasteiger partial charge in [-0.3, -0.25) is 4.57 Å². The average Bonchev–Trinajstić information content (AvgIpc) is 2.83. The first-order valence-corrected chi connectivity index (χ1v) is 6.06. The molecule has 2 rings (SSSR count). The predicted octanol–water partition coefficient (Wildman–Crippen LogP) is 1.31. The van der Waals surface area contributed by atoms with E-state index < -0.39 is 0 Å². The van der Waals surface area contributed by atoms with Gasteiger partial charge in [0.2, 0.25) is 5.13 Å². The van der Waals surface area contributed by atoms with E-state index in [0.717, 1.165) is 23.8 Å². The second kappa shape index (κ2) is 4.67. The van der Waals surface area contributed by atoms with Crippen molar-refractivity contribution in [2.75, 3.05) is 0 Å². The van der Waals surface area contributed by atoms with Crippen LogP contribution in [0.2, 0.25) is 0 Å². The zero-order chi connectivity index (χ0) is 11.5. The van der Waals surface area contributed by atoms with E-state index in [4.69, 9.17) is 18.0 Å². The molecule has 0 radical (unpaired) electrons. The van der Waals surface area contributed by atoms with E-state index in [2.05, 4.69) is 21.3 Å². The zero-order valence-corrected chi connectivity index (χ0v) is 10.4. The summed E-state index contributed by atoms with van der Waals surface area (Å²) in [5.41, 5.74) is 5.57. The summed E-state index contributed by atoms with van der Waals surface area (Å²) in [7, 11) is 0. The number of aryl methyl sites for hydroxylation is 1. The van der Waals surface area contributed by atoms with Gasteiger partial charge in [-0.15, -0.1) is 0 Å². The molecule has 0 aromatic carbocycles. The van der Waals surface area contributed by atoms with Crippen LogP contribution in [0.15, 0.2) is 12.4 Å². The topological polar surface area (TPSA) is 69.6 Å². The number of thiocarbonyl (C=S) groups is 1. The minimum atomic E-state index is 0.261. The van der Waals surface area contributed by atoms with Gasteiger partial charge in [0.25, 0.3) is 0 Å². The molecule has 0 amide bonds. The molecule has 0 atom stereocenters. The highest BCUT2D eigenvalue weighted by molar-refractivity contribution is 7.80. The van der Waals surface area contributed by atoms with Crippen molar-refractivity contribution >= 4 is 28.7 Å². The van der Waals surface area contributed by atoms with Crippen molar-refractivity contribution in [3.8, 4) is 5.13 Å². The largest absolute Gasteiger partial charge is 0.387 e. The first-order chi connectivity index (χ1) is 7.72. The van der Waals surface area contributed by atoms with Crippen molar-refractivity contribution in [1.29, 1.82) is 0 Å². The number of nitrogens with zero attached hydrogens (tertiary/aromatic N) is 4. The number of aromatic nitrogens is 4. The lowest BCUT2D eigenvalue weighted by atomic mass is 10.3. The van der Waals surface area contributed by atoms with Crippen molar-refractivity contribution in [3.05, 3.63) is 24.0 Å². The van der Waals surface area contributed by atoms with E-state index in [9.17, 15) is 0 Å². The summed E-state index contributed by atoms with van der Waals surface area (Å²) in [6.45, 7) is 2.10. The van der Waals surface area contributed by atoms with Gasteiger partial charge >= 0.3 is 0 Å². The molecule has 84 valence electrons. The van der Waals surface area contributed by atoms with Gasteiger partial charge in [-0.1, -0.05) is 19.1 Å². The summed E-state index contributed by atoms with van der Waals surface area (Å²) in [5, 5.41) is 0.753. The van der Waals surface area contributed by atoms with Crippen LogP contribution in [0.25, 0.3) is 5.13 Å². The molecule has 0 aliphatic heterocycles. The van der Waals surface area contributed by atoms with E-state index in [0.29, 0.717) is 5.82 Å². The van der Waals surface area contributed by atoms with Crippen molar-refractivity contribution in [1.82, 2.24) is 18.9 Å². The molecule has 2 N–H and O–H groups in total. The van der Waals surface area contributed by atoms with E-state index in [-0.39, 0.29) is 4.99 Å². The first-order valence-electron chi connectivity index (χ1n) is 4.88. The van der Waals surface area contributed by atoms with Crippen LogP contribution in [0.4, 0.5) is 0 Å². The third kappa shape index (κ3) is 2.10. The highest BCUT2D eigenvalue weighted by atomic mass is 32.1. The predicted molar refractivity (Wildman–Crippen MR) is 66.9 cm³/mol. The smallest absolute Gasteiger partial charge is 0.215 e. The number of rotatable bonds is 4. The third-order valence-electron chi connectivity index (χ3n) is 2.00. The van der Waals surface area contributed by atoms with Crippen molar-refractivity contribution in [2.45, 2.75) is 19.8 Å². The van der Waals surface area contributed by atoms with Crippen molar-refractivity contribution < 1.29 is 0 Å². The molecule has 16 heavy (non-hydrogen) atoms. The molecule has 0 spiro atoms. The number of hydrogen-bond acceptors (Lipinski definition) is 5. The Hall–Kier alpha value is -1.34. The molecule has 2 heterocycles. The van der Waals surface area contributed by atoms with Crippen LogP contribution in [0.3, 0.4) is 0 Å². The molecule has 7 heteroatoms. The zero-order valence-electron chi connectivity index (χ0n) is 8.75. The molecule has 2 aromatic heterocycles. The molecule has 5 nitrogen and oxygen atoms in total. The summed E-state index contributed by atoms with van der Waals surface area (Å²) in [6.07, 6.45) is 5.34. The standard InChI is InChI=1S/C9H11N5S2/c1-2-3-6-12-9(16-13-6)14-5-4-11-8(14)7(10)15/h4-5H,2-3H2,1H3,(H2,10,15). The Balaban J connectivity index is 2.35. The maximum atomic E-state index is 5.57. The summed E-state index contributed by atoms with van der Waals surface area (Å²) in [6, 6.07) is 0. The lowest BCUT2D eigenvalue weighted by Crippen LogP contribution is -2.15. The van der Waals surface area contributed by atoms with Gasteiger partial charge in [0.15, 0.2) is 5.82 Å². The summed E-state index contributed by atoms with van der Waals surface area (Å²) >= 11 is 6.24. The summed E-state index contributed by atoms with van der Waals surface area (Å²) in [5.74, 6) is 1.40. The van der Waals surface area contributed by atoms with Gasteiger partial charge < -0.3 is 5.73 Å². The van der Waals surface area contributed by atoms with Crippen LogP contribution >= 0.6 is 23.8 Å². The third-order valence-corrected chi connectivity index (χ3v) is 2.93. The quantitative estimate of drug-likeness (QED) is 0.832. The SMILES string of the molecule is CCCc1nsc(-n2ccnc2C(N)=S)n1. The Morgan fingerprint density at radius 1 is 1.62 bits per heavy atom. The number of nitrogens with two attached hydrogens (primary N) is 1.